The van der Waals surface area contributed by atoms with Crippen LogP contribution < -0.4 is 19.5 Å². The molecule has 3 aromatic rings. The van der Waals surface area contributed by atoms with Crippen LogP contribution >= 0.6 is 0 Å². The van der Waals surface area contributed by atoms with E-state index in [1.54, 1.807) is 30.5 Å². The van der Waals surface area contributed by atoms with E-state index in [9.17, 15) is 14.4 Å². The van der Waals surface area contributed by atoms with Gasteiger partial charge in [-0.2, -0.15) is 0 Å². The number of benzene rings is 3. The number of rotatable bonds is 20. The molecule has 1 N–H and O–H groups in total. The minimum atomic E-state index is -0.427. The van der Waals surface area contributed by atoms with Crippen LogP contribution in [0, 0.1) is 0 Å². The predicted molar refractivity (Wildman–Crippen MR) is 183 cm³/mol. The number of hydrogen-bond donors (Lipinski definition) is 1. The van der Waals surface area contributed by atoms with Gasteiger partial charge in [-0.05, 0) is 91.4 Å². The molecular formula is C37H40N2O8. The summed E-state index contributed by atoms with van der Waals surface area (Å²) in [7, 11) is 1.53. The summed E-state index contributed by atoms with van der Waals surface area (Å²) in [5.74, 6) is 0.767. The van der Waals surface area contributed by atoms with E-state index >= 15 is 0 Å². The Morgan fingerprint density at radius 2 is 1.26 bits per heavy atom. The van der Waals surface area contributed by atoms with E-state index in [1.165, 1.54) is 13.2 Å². The van der Waals surface area contributed by atoms with Gasteiger partial charge in [-0.1, -0.05) is 25.3 Å². The van der Waals surface area contributed by atoms with Crippen LogP contribution in [0.1, 0.15) is 36.8 Å². The van der Waals surface area contributed by atoms with E-state index in [-0.39, 0.29) is 5.91 Å². The van der Waals surface area contributed by atoms with Gasteiger partial charge in [0.25, 0.3) is 0 Å². The van der Waals surface area contributed by atoms with Crippen LogP contribution in [-0.4, -0.2) is 57.6 Å². The van der Waals surface area contributed by atoms with Crippen molar-refractivity contribution in [1.82, 2.24) is 0 Å². The summed E-state index contributed by atoms with van der Waals surface area (Å²) >= 11 is 0. The summed E-state index contributed by atoms with van der Waals surface area (Å²) in [6.07, 6.45) is 10.1. The molecule has 3 rings (SSSR count). The molecule has 0 fully saturated rings. The Morgan fingerprint density at radius 3 is 1.79 bits per heavy atom. The van der Waals surface area contributed by atoms with Crippen LogP contribution in [0.4, 0.5) is 11.4 Å². The van der Waals surface area contributed by atoms with Gasteiger partial charge in [0.15, 0.2) is 0 Å². The summed E-state index contributed by atoms with van der Waals surface area (Å²) in [6.45, 7) is 8.41. The molecule has 0 atom stereocenters. The fourth-order valence-corrected chi connectivity index (χ4v) is 3.94. The molecule has 10 nitrogen and oxygen atoms in total. The second-order valence-corrected chi connectivity index (χ2v) is 9.96. The lowest BCUT2D eigenvalue weighted by Crippen LogP contribution is -2.08. The number of unbranched alkanes of at least 4 members (excludes halogenated alkanes) is 2. The Kier molecular flexibility index (Phi) is 15.6. The third-order valence-electron chi connectivity index (χ3n) is 6.43. The number of amides is 1. The van der Waals surface area contributed by atoms with E-state index in [4.69, 9.17) is 23.7 Å². The topological polar surface area (TPSA) is 122 Å². The molecule has 0 bridgehead atoms. The number of nitrogens with zero attached hydrogens (tertiary/aromatic N) is 1. The zero-order valence-electron chi connectivity index (χ0n) is 26.5. The number of nitrogens with one attached hydrogen (secondary N) is 1. The minimum absolute atomic E-state index is 0.310. The second kappa shape index (κ2) is 20.4. The monoisotopic (exact) mass is 640 g/mol. The number of anilines is 1. The predicted octanol–water partition coefficient (Wildman–Crippen LogP) is 6.87. The molecule has 0 saturated carbocycles. The Morgan fingerprint density at radius 1 is 0.723 bits per heavy atom. The number of aliphatic imine (C=N–C) groups is 1. The van der Waals surface area contributed by atoms with E-state index < -0.39 is 11.9 Å². The van der Waals surface area contributed by atoms with Gasteiger partial charge in [0, 0.05) is 30.5 Å². The Hall–Kier alpha value is -5.64. The molecule has 3 aromatic carbocycles. The lowest BCUT2D eigenvalue weighted by atomic mass is 10.2. The van der Waals surface area contributed by atoms with Crippen molar-refractivity contribution < 1.29 is 38.1 Å². The third-order valence-corrected chi connectivity index (χ3v) is 6.43. The first kappa shape index (κ1) is 35.8. The van der Waals surface area contributed by atoms with Crippen LogP contribution in [0.15, 0.2) is 103 Å². The highest BCUT2D eigenvalue weighted by Gasteiger charge is 2.07. The van der Waals surface area contributed by atoms with Crippen molar-refractivity contribution in [2.75, 3.05) is 38.9 Å². The first-order valence-corrected chi connectivity index (χ1v) is 15.2. The van der Waals surface area contributed by atoms with Gasteiger partial charge in [0.05, 0.1) is 44.9 Å². The van der Waals surface area contributed by atoms with E-state index in [2.05, 4.69) is 23.5 Å². The number of ether oxygens (including phenoxy) is 5. The number of esters is 2. The molecule has 0 aliphatic heterocycles. The normalized spacial score (nSPS) is 10.7. The van der Waals surface area contributed by atoms with Crippen LogP contribution in [-0.2, 0) is 23.9 Å². The van der Waals surface area contributed by atoms with Gasteiger partial charge in [-0.3, -0.25) is 9.79 Å². The highest BCUT2D eigenvalue weighted by Crippen LogP contribution is 2.29. The molecule has 10 heteroatoms. The molecule has 246 valence electrons. The maximum atomic E-state index is 12.6. The average Bonchev–Trinajstić information content (AvgIpc) is 3.10. The van der Waals surface area contributed by atoms with Gasteiger partial charge < -0.3 is 29.0 Å². The Labute approximate surface area is 275 Å². The first-order chi connectivity index (χ1) is 22.9. The van der Waals surface area contributed by atoms with Crippen LogP contribution in [0.25, 0.3) is 6.08 Å². The van der Waals surface area contributed by atoms with Crippen LogP contribution in [0.3, 0.4) is 0 Å². The summed E-state index contributed by atoms with van der Waals surface area (Å²) in [4.78, 5) is 39.2. The number of carbonyl (C=O) groups excluding carboxylic acids is 3. The number of carbonyl (C=O) groups is 3. The van der Waals surface area contributed by atoms with Crippen molar-refractivity contribution in [2.24, 2.45) is 4.99 Å². The van der Waals surface area contributed by atoms with Gasteiger partial charge >= 0.3 is 11.9 Å². The summed E-state index contributed by atoms with van der Waals surface area (Å²) < 4.78 is 26.8. The lowest BCUT2D eigenvalue weighted by molar-refractivity contribution is -0.138. The molecule has 0 aliphatic carbocycles. The number of methoxy groups -OCH3 is 1. The van der Waals surface area contributed by atoms with Crippen molar-refractivity contribution in [3.05, 3.63) is 109 Å². The van der Waals surface area contributed by atoms with E-state index in [1.807, 2.05) is 48.5 Å². The van der Waals surface area contributed by atoms with Crippen LogP contribution in [0.2, 0.25) is 0 Å². The Balaban J connectivity index is 1.42. The van der Waals surface area contributed by atoms with Gasteiger partial charge in [0.2, 0.25) is 5.91 Å². The largest absolute Gasteiger partial charge is 0.494 e. The molecule has 0 saturated heterocycles. The summed E-state index contributed by atoms with van der Waals surface area (Å²) in [6, 6.07) is 20.2. The molecule has 0 unspecified atom stereocenters. The van der Waals surface area contributed by atoms with Crippen LogP contribution in [0.5, 0.6) is 17.2 Å². The van der Waals surface area contributed by atoms with Crippen molar-refractivity contribution in [1.29, 1.82) is 0 Å². The minimum Gasteiger partial charge on any atom is -0.494 e. The average molecular weight is 641 g/mol. The quantitative estimate of drug-likeness (QED) is 0.0615. The van der Waals surface area contributed by atoms with Gasteiger partial charge in [-0.15, -0.1) is 0 Å². The molecule has 1 amide bonds. The zero-order chi connectivity index (χ0) is 33.7. The maximum Gasteiger partial charge on any atom is 0.330 e. The molecule has 0 heterocycles. The SMILES string of the molecule is C=CC(=O)OCCCCOc1ccc(C=CC(=O)Nc2ccc(N=Cc3ccc(OCCCCOC(=O)C=C)cc3)cc2OC)cc1. The van der Waals surface area contributed by atoms with E-state index in [0.717, 1.165) is 41.9 Å². The van der Waals surface area contributed by atoms with Crippen molar-refractivity contribution >= 4 is 41.5 Å². The molecule has 0 aliphatic rings. The molecule has 47 heavy (non-hydrogen) atoms. The molecular weight excluding hydrogens is 600 g/mol. The van der Waals surface area contributed by atoms with Crippen molar-refractivity contribution in [3.63, 3.8) is 0 Å². The molecule has 0 aromatic heterocycles. The summed E-state index contributed by atoms with van der Waals surface area (Å²) in [5.41, 5.74) is 2.90. The van der Waals surface area contributed by atoms with Gasteiger partial charge in [0.1, 0.15) is 17.2 Å². The Bertz CT molecular complexity index is 1530. The maximum absolute atomic E-state index is 12.6. The molecule has 0 spiro atoms. The summed E-state index contributed by atoms with van der Waals surface area (Å²) in [5, 5.41) is 2.84. The second-order valence-electron chi connectivity index (χ2n) is 9.96. The lowest BCUT2D eigenvalue weighted by Gasteiger charge is -2.09. The highest BCUT2D eigenvalue weighted by molar-refractivity contribution is 6.03. The highest BCUT2D eigenvalue weighted by atomic mass is 16.5. The van der Waals surface area contributed by atoms with Crippen molar-refractivity contribution in [3.8, 4) is 17.2 Å². The van der Waals surface area contributed by atoms with Gasteiger partial charge in [-0.25, -0.2) is 9.59 Å². The van der Waals surface area contributed by atoms with E-state index in [0.29, 0.717) is 62.1 Å². The smallest absolute Gasteiger partial charge is 0.330 e. The van der Waals surface area contributed by atoms with Crippen molar-refractivity contribution in [2.45, 2.75) is 25.7 Å². The number of hydrogen-bond acceptors (Lipinski definition) is 9. The first-order valence-electron chi connectivity index (χ1n) is 15.2. The fourth-order valence-electron chi connectivity index (χ4n) is 3.94. The fraction of sp³-hybridized carbons (Fsp3) is 0.243. The molecule has 0 radical (unpaired) electrons. The standard InChI is InChI=1S/C37H40N2O8/c1-4-36(41)46-24-8-6-22-44-31-16-10-28(11-17-31)14-21-35(40)39-33-20-15-30(26-34(33)43-3)38-27-29-12-18-32(19-13-29)45-23-7-9-25-47-37(42)5-2/h4-5,10-21,26-27H,1-2,6-9,22-25H2,3H3,(H,39,40). The third kappa shape index (κ3) is 13.9. The zero-order valence-corrected chi connectivity index (χ0v) is 26.5.